The molecule has 90 valence electrons. The van der Waals surface area contributed by atoms with Crippen LogP contribution in [0.1, 0.15) is 6.92 Å². The van der Waals surface area contributed by atoms with Crippen LogP contribution in [0.25, 0.3) is 0 Å². The summed E-state index contributed by atoms with van der Waals surface area (Å²) in [5.74, 6) is -0.286. The Morgan fingerprint density at radius 3 is 2.41 bits per heavy atom. The molecule has 0 radical (unpaired) electrons. The monoisotopic (exact) mass is 254 g/mol. The van der Waals surface area contributed by atoms with E-state index in [0.29, 0.717) is 5.69 Å². The molecule has 0 saturated heterocycles. The van der Waals surface area contributed by atoms with E-state index >= 15 is 0 Å². The summed E-state index contributed by atoms with van der Waals surface area (Å²) in [5, 5.41) is 12.8. The van der Waals surface area contributed by atoms with Crippen LogP contribution in [0.2, 0.25) is 0 Å². The second-order valence-corrected chi connectivity index (χ2v) is 4.28. The van der Waals surface area contributed by atoms with Crippen LogP contribution < -0.4 is 5.32 Å². The number of nitro benzene ring substituents is 1. The summed E-state index contributed by atoms with van der Waals surface area (Å²) in [6.07, 6.45) is 0. The summed E-state index contributed by atoms with van der Waals surface area (Å²) < 4.78 is 0. The Balaban J connectivity index is 2.54. The van der Waals surface area contributed by atoms with Crippen molar-refractivity contribution in [1.82, 2.24) is 0 Å². The molecule has 0 bridgehead atoms. The number of amides is 1. The second-order valence-electron chi connectivity index (χ2n) is 3.13. The zero-order chi connectivity index (χ0) is 12.8. The van der Waals surface area contributed by atoms with Crippen LogP contribution in [-0.2, 0) is 9.59 Å². The predicted molar refractivity (Wildman–Crippen MR) is 64.9 cm³/mol. The summed E-state index contributed by atoms with van der Waals surface area (Å²) >= 11 is 0.907. The molecular weight excluding hydrogens is 244 g/mol. The second kappa shape index (κ2) is 6.00. The van der Waals surface area contributed by atoms with Crippen molar-refractivity contribution in [2.24, 2.45) is 0 Å². The lowest BCUT2D eigenvalue weighted by Crippen LogP contribution is -2.14. The molecule has 0 heterocycles. The van der Waals surface area contributed by atoms with Crippen molar-refractivity contribution < 1.29 is 14.5 Å². The van der Waals surface area contributed by atoms with Crippen molar-refractivity contribution in [3.05, 3.63) is 34.4 Å². The highest BCUT2D eigenvalue weighted by atomic mass is 32.2. The summed E-state index contributed by atoms with van der Waals surface area (Å²) in [6, 6.07) is 5.48. The highest BCUT2D eigenvalue weighted by molar-refractivity contribution is 8.14. The van der Waals surface area contributed by atoms with Gasteiger partial charge in [-0.05, 0) is 12.1 Å². The molecular formula is C10H10N2O4S. The topological polar surface area (TPSA) is 89.3 Å². The predicted octanol–water partition coefficient (Wildman–Crippen LogP) is 1.81. The average Bonchev–Trinajstić information content (AvgIpc) is 2.27. The SMILES string of the molecule is CC(=O)SCC(=O)Nc1ccc([N+](=O)[O-])cc1. The van der Waals surface area contributed by atoms with Crippen molar-refractivity contribution in [3.8, 4) is 0 Å². The molecule has 0 atom stereocenters. The Bertz CT molecular complexity index is 444. The number of carbonyl (C=O) groups excluding carboxylic acids is 2. The van der Waals surface area contributed by atoms with Crippen LogP contribution in [0, 0.1) is 10.1 Å². The molecule has 6 nitrogen and oxygen atoms in total. The van der Waals surface area contributed by atoms with Gasteiger partial charge in [0.2, 0.25) is 5.91 Å². The highest BCUT2D eigenvalue weighted by Gasteiger charge is 2.07. The number of nitrogens with zero attached hydrogens (tertiary/aromatic N) is 1. The molecule has 0 aromatic heterocycles. The molecule has 0 aliphatic rings. The first-order valence-electron chi connectivity index (χ1n) is 4.66. The van der Waals surface area contributed by atoms with Crippen molar-refractivity contribution in [2.45, 2.75) is 6.92 Å². The maximum Gasteiger partial charge on any atom is 0.269 e. The van der Waals surface area contributed by atoms with Gasteiger partial charge < -0.3 is 5.32 Å². The van der Waals surface area contributed by atoms with Crippen molar-refractivity contribution >= 4 is 34.2 Å². The zero-order valence-electron chi connectivity index (χ0n) is 9.00. The zero-order valence-corrected chi connectivity index (χ0v) is 9.82. The third-order valence-electron chi connectivity index (χ3n) is 1.77. The average molecular weight is 254 g/mol. The van der Waals surface area contributed by atoms with E-state index in [1.165, 1.54) is 31.2 Å². The molecule has 1 N–H and O–H groups in total. The largest absolute Gasteiger partial charge is 0.325 e. The number of anilines is 1. The minimum atomic E-state index is -0.517. The van der Waals surface area contributed by atoms with Crippen LogP contribution in [-0.4, -0.2) is 21.7 Å². The summed E-state index contributed by atoms with van der Waals surface area (Å²) in [4.78, 5) is 31.8. The summed E-state index contributed by atoms with van der Waals surface area (Å²) in [7, 11) is 0. The van der Waals surface area contributed by atoms with Gasteiger partial charge in [-0.15, -0.1) is 0 Å². The molecule has 0 unspecified atom stereocenters. The number of carbonyl (C=O) groups is 2. The minimum Gasteiger partial charge on any atom is -0.325 e. The number of hydrogen-bond donors (Lipinski definition) is 1. The van der Waals surface area contributed by atoms with Gasteiger partial charge in [-0.2, -0.15) is 0 Å². The van der Waals surface area contributed by atoms with Gasteiger partial charge in [0.15, 0.2) is 5.12 Å². The Hall–Kier alpha value is -1.89. The molecule has 0 saturated carbocycles. The lowest BCUT2D eigenvalue weighted by atomic mass is 10.3. The first-order valence-corrected chi connectivity index (χ1v) is 5.65. The van der Waals surface area contributed by atoms with E-state index < -0.39 is 4.92 Å². The van der Waals surface area contributed by atoms with E-state index in [0.717, 1.165) is 11.8 Å². The number of rotatable bonds is 4. The molecule has 0 aliphatic heterocycles. The fraction of sp³-hybridized carbons (Fsp3) is 0.200. The lowest BCUT2D eigenvalue weighted by molar-refractivity contribution is -0.384. The van der Waals surface area contributed by atoms with E-state index in [1.54, 1.807) is 0 Å². The molecule has 1 amide bonds. The maximum atomic E-state index is 11.3. The van der Waals surface area contributed by atoms with Gasteiger partial charge in [0.05, 0.1) is 10.7 Å². The number of benzene rings is 1. The maximum absolute atomic E-state index is 11.3. The first kappa shape index (κ1) is 13.2. The van der Waals surface area contributed by atoms with Gasteiger partial charge in [0.1, 0.15) is 0 Å². The van der Waals surface area contributed by atoms with Gasteiger partial charge in [0.25, 0.3) is 5.69 Å². The molecule has 1 aromatic carbocycles. The van der Waals surface area contributed by atoms with Crippen LogP contribution in [0.3, 0.4) is 0 Å². The van der Waals surface area contributed by atoms with Gasteiger partial charge in [-0.1, -0.05) is 11.8 Å². The molecule has 17 heavy (non-hydrogen) atoms. The lowest BCUT2D eigenvalue weighted by Gasteiger charge is -2.03. The van der Waals surface area contributed by atoms with Gasteiger partial charge in [0, 0.05) is 24.7 Å². The van der Waals surface area contributed by atoms with Crippen molar-refractivity contribution in [3.63, 3.8) is 0 Å². The van der Waals surface area contributed by atoms with E-state index in [2.05, 4.69) is 5.32 Å². The Labute approximate surface area is 102 Å². The molecule has 1 aromatic rings. The third-order valence-corrected chi connectivity index (χ3v) is 2.58. The summed E-state index contributed by atoms with van der Waals surface area (Å²) in [5.41, 5.74) is 0.422. The van der Waals surface area contributed by atoms with E-state index in [-0.39, 0.29) is 22.5 Å². The van der Waals surface area contributed by atoms with Gasteiger partial charge in [-0.3, -0.25) is 19.7 Å². The molecule has 0 spiro atoms. The smallest absolute Gasteiger partial charge is 0.269 e. The fourth-order valence-electron chi connectivity index (χ4n) is 1.03. The highest BCUT2D eigenvalue weighted by Crippen LogP contribution is 2.15. The van der Waals surface area contributed by atoms with Crippen molar-refractivity contribution in [2.75, 3.05) is 11.1 Å². The number of thioether (sulfide) groups is 1. The van der Waals surface area contributed by atoms with Crippen LogP contribution in [0.15, 0.2) is 24.3 Å². The van der Waals surface area contributed by atoms with Crippen molar-refractivity contribution in [1.29, 1.82) is 0 Å². The molecule has 0 fully saturated rings. The Morgan fingerprint density at radius 2 is 1.94 bits per heavy atom. The fourth-order valence-corrected chi connectivity index (χ4v) is 1.44. The quantitative estimate of drug-likeness (QED) is 0.653. The number of non-ortho nitro benzene ring substituents is 1. The van der Waals surface area contributed by atoms with E-state index in [4.69, 9.17) is 0 Å². The first-order chi connectivity index (χ1) is 7.99. The third kappa shape index (κ3) is 4.64. The number of hydrogen-bond acceptors (Lipinski definition) is 5. The van der Waals surface area contributed by atoms with E-state index in [1.807, 2.05) is 0 Å². The van der Waals surface area contributed by atoms with Crippen LogP contribution in [0.5, 0.6) is 0 Å². The Morgan fingerprint density at radius 1 is 1.35 bits per heavy atom. The number of nitrogens with one attached hydrogen (secondary N) is 1. The van der Waals surface area contributed by atoms with Gasteiger partial charge in [-0.25, -0.2) is 0 Å². The van der Waals surface area contributed by atoms with E-state index in [9.17, 15) is 19.7 Å². The molecule has 0 aliphatic carbocycles. The Kier molecular flexibility index (Phi) is 4.65. The van der Waals surface area contributed by atoms with Crippen LogP contribution in [0.4, 0.5) is 11.4 Å². The summed E-state index contributed by atoms with van der Waals surface area (Å²) in [6.45, 7) is 1.38. The van der Waals surface area contributed by atoms with Gasteiger partial charge >= 0.3 is 0 Å². The number of nitro groups is 1. The molecule has 7 heteroatoms. The minimum absolute atomic E-state index is 0.0340. The normalized spacial score (nSPS) is 9.71. The van der Waals surface area contributed by atoms with Crippen LogP contribution >= 0.6 is 11.8 Å². The molecule has 1 rings (SSSR count). The standard InChI is InChI=1S/C10H10N2O4S/c1-7(13)17-6-10(14)11-8-2-4-9(5-3-8)12(15)16/h2-5H,6H2,1H3,(H,11,14).